The summed E-state index contributed by atoms with van der Waals surface area (Å²) in [5, 5.41) is 9.77. The topological polar surface area (TPSA) is 40.5 Å². The number of halogens is 2. The average Bonchev–Trinajstić information content (AvgIpc) is 2.33. The van der Waals surface area contributed by atoms with Crippen LogP contribution in [0.5, 0.6) is 0 Å². The molecule has 5 heteroatoms. The Morgan fingerprint density at radius 2 is 2.10 bits per heavy atom. The third-order valence-electron chi connectivity index (χ3n) is 2.94. The van der Waals surface area contributed by atoms with Gasteiger partial charge in [0.2, 0.25) is 5.91 Å². The molecule has 3 nitrogen and oxygen atoms in total. The molecule has 0 aromatic heterocycles. The van der Waals surface area contributed by atoms with Gasteiger partial charge in [0, 0.05) is 24.0 Å². The van der Waals surface area contributed by atoms with Gasteiger partial charge in [0.15, 0.2) is 0 Å². The maximum Gasteiger partial charge on any atom is 0.222 e. The molecule has 0 aliphatic carbocycles. The van der Waals surface area contributed by atoms with Crippen LogP contribution in [0.15, 0.2) is 22.7 Å². The number of hydrogen-bond acceptors (Lipinski definition) is 2. The Morgan fingerprint density at radius 1 is 1.45 bits per heavy atom. The second-order valence-corrected chi connectivity index (χ2v) is 6.37. The molecule has 20 heavy (non-hydrogen) atoms. The summed E-state index contributed by atoms with van der Waals surface area (Å²) in [6.45, 7) is 6.01. The van der Waals surface area contributed by atoms with E-state index in [0.29, 0.717) is 23.0 Å². The van der Waals surface area contributed by atoms with Gasteiger partial charge >= 0.3 is 0 Å². The van der Waals surface area contributed by atoms with Crippen LogP contribution in [-0.2, 0) is 11.2 Å². The van der Waals surface area contributed by atoms with E-state index in [2.05, 4.69) is 15.9 Å². The molecule has 0 saturated heterocycles. The first kappa shape index (κ1) is 17.1. The van der Waals surface area contributed by atoms with Crippen LogP contribution in [0.25, 0.3) is 0 Å². The molecule has 1 aromatic carbocycles. The van der Waals surface area contributed by atoms with Crippen molar-refractivity contribution in [3.8, 4) is 0 Å². The van der Waals surface area contributed by atoms with Crippen molar-refractivity contribution in [2.45, 2.75) is 39.2 Å². The quantitative estimate of drug-likeness (QED) is 0.860. The number of carbonyl (C=O) groups is 1. The molecule has 0 atom stereocenters. The van der Waals surface area contributed by atoms with E-state index in [-0.39, 0.29) is 24.7 Å². The first-order chi connectivity index (χ1) is 9.23. The van der Waals surface area contributed by atoms with Crippen LogP contribution in [0.4, 0.5) is 4.39 Å². The molecule has 1 amide bonds. The monoisotopic (exact) mass is 345 g/mol. The van der Waals surface area contributed by atoms with Crippen molar-refractivity contribution in [1.29, 1.82) is 0 Å². The van der Waals surface area contributed by atoms with E-state index < -0.39 is 5.60 Å². The van der Waals surface area contributed by atoms with Crippen LogP contribution in [-0.4, -0.2) is 34.6 Å². The maximum atomic E-state index is 13.7. The zero-order valence-corrected chi connectivity index (χ0v) is 13.7. The molecular formula is C15H21BrFNO2. The van der Waals surface area contributed by atoms with Gasteiger partial charge in [-0.25, -0.2) is 4.39 Å². The van der Waals surface area contributed by atoms with Crippen molar-refractivity contribution in [1.82, 2.24) is 4.90 Å². The van der Waals surface area contributed by atoms with Crippen LogP contribution in [0.1, 0.15) is 32.8 Å². The summed E-state index contributed by atoms with van der Waals surface area (Å²) in [7, 11) is 0. The maximum absolute atomic E-state index is 13.7. The Morgan fingerprint density at radius 3 is 2.60 bits per heavy atom. The minimum Gasteiger partial charge on any atom is -0.389 e. The summed E-state index contributed by atoms with van der Waals surface area (Å²) in [4.78, 5) is 13.7. The molecule has 0 fully saturated rings. The number of carbonyl (C=O) groups excluding carboxylic acids is 1. The average molecular weight is 346 g/mol. The van der Waals surface area contributed by atoms with Gasteiger partial charge in [-0.1, -0.05) is 22.0 Å². The van der Waals surface area contributed by atoms with E-state index in [1.165, 1.54) is 6.07 Å². The van der Waals surface area contributed by atoms with E-state index in [4.69, 9.17) is 0 Å². The number of benzene rings is 1. The van der Waals surface area contributed by atoms with Crippen LogP contribution in [0, 0.1) is 5.82 Å². The Hall–Kier alpha value is -0.940. The lowest BCUT2D eigenvalue weighted by Gasteiger charge is -2.28. The molecule has 0 saturated carbocycles. The molecule has 0 unspecified atom stereocenters. The molecule has 0 aliphatic heterocycles. The highest BCUT2D eigenvalue weighted by Gasteiger charge is 2.21. The van der Waals surface area contributed by atoms with Crippen molar-refractivity contribution in [2.75, 3.05) is 13.1 Å². The van der Waals surface area contributed by atoms with Gasteiger partial charge in [-0.2, -0.15) is 0 Å². The van der Waals surface area contributed by atoms with E-state index in [1.54, 1.807) is 30.9 Å². The predicted molar refractivity (Wildman–Crippen MR) is 81.0 cm³/mol. The summed E-state index contributed by atoms with van der Waals surface area (Å²) in [6, 6.07) is 4.84. The van der Waals surface area contributed by atoms with E-state index in [1.807, 2.05) is 6.92 Å². The van der Waals surface area contributed by atoms with Crippen LogP contribution in [0.3, 0.4) is 0 Å². The van der Waals surface area contributed by atoms with Crippen LogP contribution < -0.4 is 0 Å². The minimum atomic E-state index is -0.922. The standard InChI is InChI=1S/C15H21BrFNO2/c1-4-18(10-15(2,3)20)14(19)8-6-11-5-7-12(16)9-13(11)17/h5,7,9,20H,4,6,8,10H2,1-3H3. The molecule has 112 valence electrons. The highest BCUT2D eigenvalue weighted by molar-refractivity contribution is 9.10. The Bertz CT molecular complexity index is 471. The molecule has 0 spiro atoms. The lowest BCUT2D eigenvalue weighted by molar-refractivity contribution is -0.133. The molecular weight excluding hydrogens is 325 g/mol. The smallest absolute Gasteiger partial charge is 0.222 e. The largest absolute Gasteiger partial charge is 0.389 e. The van der Waals surface area contributed by atoms with Crippen molar-refractivity contribution in [2.24, 2.45) is 0 Å². The number of aryl methyl sites for hydroxylation is 1. The zero-order chi connectivity index (χ0) is 15.3. The van der Waals surface area contributed by atoms with Gasteiger partial charge in [0.25, 0.3) is 0 Å². The molecule has 0 radical (unpaired) electrons. The van der Waals surface area contributed by atoms with E-state index >= 15 is 0 Å². The SMILES string of the molecule is CCN(CC(C)(C)O)C(=O)CCc1ccc(Br)cc1F. The van der Waals surface area contributed by atoms with Crippen molar-refractivity contribution < 1.29 is 14.3 Å². The number of rotatable bonds is 6. The van der Waals surface area contributed by atoms with Gasteiger partial charge in [-0.15, -0.1) is 0 Å². The molecule has 0 aliphatic rings. The summed E-state index contributed by atoms with van der Waals surface area (Å²) in [5.41, 5.74) is -0.394. The number of aliphatic hydroxyl groups is 1. The summed E-state index contributed by atoms with van der Waals surface area (Å²) in [6.07, 6.45) is 0.600. The Labute approximate surface area is 127 Å². The third kappa shape index (κ3) is 5.59. The second kappa shape index (κ2) is 7.18. The van der Waals surface area contributed by atoms with Crippen molar-refractivity contribution >= 4 is 21.8 Å². The molecule has 0 heterocycles. The predicted octanol–water partition coefficient (Wildman–Crippen LogP) is 3.14. The molecule has 1 rings (SSSR count). The number of nitrogens with zero attached hydrogens (tertiary/aromatic N) is 1. The molecule has 1 N–H and O–H groups in total. The van der Waals surface area contributed by atoms with Gasteiger partial charge < -0.3 is 10.0 Å². The summed E-state index contributed by atoms with van der Waals surface area (Å²) in [5.74, 6) is -0.380. The van der Waals surface area contributed by atoms with Gasteiger partial charge in [-0.3, -0.25) is 4.79 Å². The van der Waals surface area contributed by atoms with Crippen molar-refractivity contribution in [3.63, 3.8) is 0 Å². The highest BCUT2D eigenvalue weighted by Crippen LogP contribution is 2.17. The fourth-order valence-electron chi connectivity index (χ4n) is 1.97. The first-order valence-corrected chi connectivity index (χ1v) is 7.46. The van der Waals surface area contributed by atoms with Gasteiger partial charge in [0.1, 0.15) is 5.82 Å². The Kier molecular flexibility index (Phi) is 6.14. The molecule has 1 aromatic rings. The third-order valence-corrected chi connectivity index (χ3v) is 3.43. The normalized spacial score (nSPS) is 11.5. The first-order valence-electron chi connectivity index (χ1n) is 6.67. The minimum absolute atomic E-state index is 0.0723. The lowest BCUT2D eigenvalue weighted by Crippen LogP contribution is -2.42. The lowest BCUT2D eigenvalue weighted by atomic mass is 10.1. The fraction of sp³-hybridized carbons (Fsp3) is 0.533. The van der Waals surface area contributed by atoms with Crippen molar-refractivity contribution in [3.05, 3.63) is 34.1 Å². The van der Waals surface area contributed by atoms with Crippen LogP contribution in [0.2, 0.25) is 0 Å². The van der Waals surface area contributed by atoms with Gasteiger partial charge in [-0.05, 0) is 44.9 Å². The van der Waals surface area contributed by atoms with Gasteiger partial charge in [0.05, 0.1) is 5.60 Å². The highest BCUT2D eigenvalue weighted by atomic mass is 79.9. The number of hydrogen-bond donors (Lipinski definition) is 1. The summed E-state index contributed by atoms with van der Waals surface area (Å²) < 4.78 is 14.3. The molecule has 0 bridgehead atoms. The number of likely N-dealkylation sites (N-methyl/N-ethyl adjacent to an activating group) is 1. The summed E-state index contributed by atoms with van der Waals surface area (Å²) >= 11 is 3.20. The van der Waals surface area contributed by atoms with E-state index in [9.17, 15) is 14.3 Å². The van der Waals surface area contributed by atoms with E-state index in [0.717, 1.165) is 0 Å². The second-order valence-electron chi connectivity index (χ2n) is 5.46. The Balaban J connectivity index is 2.61. The zero-order valence-electron chi connectivity index (χ0n) is 12.1. The fourth-order valence-corrected chi connectivity index (χ4v) is 2.30. The number of amides is 1. The van der Waals surface area contributed by atoms with Crippen LogP contribution >= 0.6 is 15.9 Å².